The van der Waals surface area contributed by atoms with Crippen LogP contribution in [-0.2, 0) is 28.9 Å². The van der Waals surface area contributed by atoms with Crippen LogP contribution in [0.1, 0.15) is 16.7 Å². The molecule has 2 aromatic carbocycles. The second-order valence-electron chi connectivity index (χ2n) is 7.52. The molecule has 182 valence electrons. The number of rotatable bonds is 16. The average Bonchev–Trinajstić information content (AvgIpc) is 2.88. The van der Waals surface area contributed by atoms with Gasteiger partial charge in [-0.2, -0.15) is 15.0 Å². The first kappa shape index (κ1) is 25.4. The van der Waals surface area contributed by atoms with E-state index in [-0.39, 0.29) is 6.01 Å². The highest BCUT2D eigenvalue weighted by molar-refractivity contribution is 5.38. The third kappa shape index (κ3) is 8.93. The van der Waals surface area contributed by atoms with Gasteiger partial charge in [0.25, 0.3) is 0 Å². The number of nitrogens with zero attached hydrogens (tertiary/aromatic N) is 3. The summed E-state index contributed by atoms with van der Waals surface area (Å²) in [5, 5.41) is 6.45. The first-order valence-corrected chi connectivity index (χ1v) is 11.5. The Bertz CT molecular complexity index is 974. The van der Waals surface area contributed by atoms with Crippen molar-refractivity contribution in [1.29, 1.82) is 0 Å². The first-order chi connectivity index (χ1) is 16.8. The van der Waals surface area contributed by atoms with Crippen LogP contribution in [0, 0.1) is 0 Å². The minimum Gasteiger partial charge on any atom is -0.467 e. The van der Waals surface area contributed by atoms with E-state index in [1.165, 1.54) is 23.8 Å². The summed E-state index contributed by atoms with van der Waals surface area (Å²) in [6.45, 7) is 3.74. The molecular formula is C25H34N6O3. The van der Waals surface area contributed by atoms with E-state index in [0.717, 1.165) is 12.8 Å². The van der Waals surface area contributed by atoms with E-state index in [9.17, 15) is 0 Å². The van der Waals surface area contributed by atoms with Gasteiger partial charge in [0.2, 0.25) is 11.9 Å². The van der Waals surface area contributed by atoms with Crippen molar-refractivity contribution in [2.75, 3.05) is 57.3 Å². The molecule has 0 spiro atoms. The highest BCUT2D eigenvalue weighted by atomic mass is 16.5. The molecule has 0 atom stereocenters. The lowest BCUT2D eigenvalue weighted by Crippen LogP contribution is -2.16. The van der Waals surface area contributed by atoms with E-state index in [0.29, 0.717) is 58.0 Å². The summed E-state index contributed by atoms with van der Waals surface area (Å²) >= 11 is 0. The second kappa shape index (κ2) is 14.8. The number of methoxy groups -OCH3 is 1. The number of nitrogens with one attached hydrogen (secondary N) is 2. The third-order valence-corrected chi connectivity index (χ3v) is 5.04. The molecule has 0 bridgehead atoms. The van der Waals surface area contributed by atoms with E-state index < -0.39 is 0 Å². The Morgan fingerprint density at radius 1 is 0.735 bits per heavy atom. The highest BCUT2D eigenvalue weighted by Crippen LogP contribution is 2.16. The summed E-state index contributed by atoms with van der Waals surface area (Å²) in [4.78, 5) is 13.0. The zero-order valence-electron chi connectivity index (χ0n) is 19.7. The van der Waals surface area contributed by atoms with Crippen molar-refractivity contribution in [2.24, 2.45) is 5.73 Å². The monoisotopic (exact) mass is 466 g/mol. The molecule has 0 fully saturated rings. The van der Waals surface area contributed by atoms with Crippen molar-refractivity contribution in [3.05, 3.63) is 71.3 Å². The van der Waals surface area contributed by atoms with E-state index in [1.807, 2.05) is 12.1 Å². The molecule has 0 saturated heterocycles. The number of ether oxygens (including phenoxy) is 3. The molecule has 34 heavy (non-hydrogen) atoms. The fourth-order valence-electron chi connectivity index (χ4n) is 3.32. The molecule has 0 aliphatic carbocycles. The van der Waals surface area contributed by atoms with Gasteiger partial charge >= 0.3 is 6.01 Å². The van der Waals surface area contributed by atoms with Crippen LogP contribution in [0.2, 0.25) is 0 Å². The summed E-state index contributed by atoms with van der Waals surface area (Å²) in [6, 6.07) is 19.2. The quantitative estimate of drug-likeness (QED) is 0.274. The predicted molar refractivity (Wildman–Crippen MR) is 133 cm³/mol. The lowest BCUT2D eigenvalue weighted by atomic mass is 10.00. The summed E-state index contributed by atoms with van der Waals surface area (Å²) < 4.78 is 16.0. The topological polar surface area (TPSA) is 116 Å². The second-order valence-corrected chi connectivity index (χ2v) is 7.52. The van der Waals surface area contributed by atoms with Gasteiger partial charge < -0.3 is 30.6 Å². The Kier molecular flexibility index (Phi) is 11.0. The van der Waals surface area contributed by atoms with Gasteiger partial charge in [-0.05, 0) is 29.5 Å². The van der Waals surface area contributed by atoms with Crippen LogP contribution in [-0.4, -0.2) is 61.6 Å². The molecule has 0 aliphatic rings. The Labute approximate surface area is 201 Å². The van der Waals surface area contributed by atoms with Gasteiger partial charge in [-0.25, -0.2) is 0 Å². The van der Waals surface area contributed by atoms with Crippen molar-refractivity contribution in [3.63, 3.8) is 0 Å². The number of anilines is 2. The summed E-state index contributed by atoms with van der Waals surface area (Å²) in [5.74, 6) is 0.873. The molecule has 0 aliphatic heterocycles. The molecule has 4 N–H and O–H groups in total. The zero-order chi connectivity index (χ0) is 23.8. The van der Waals surface area contributed by atoms with E-state index in [4.69, 9.17) is 19.9 Å². The Morgan fingerprint density at radius 2 is 1.41 bits per heavy atom. The number of hydrogen-bond acceptors (Lipinski definition) is 9. The van der Waals surface area contributed by atoms with Crippen LogP contribution in [0.3, 0.4) is 0 Å². The maximum atomic E-state index is 5.52. The van der Waals surface area contributed by atoms with Gasteiger partial charge in [0.1, 0.15) is 0 Å². The lowest BCUT2D eigenvalue weighted by molar-refractivity contribution is 0.0547. The molecule has 1 aromatic heterocycles. The Balaban J connectivity index is 1.51. The molecular weight excluding hydrogens is 432 g/mol. The maximum Gasteiger partial charge on any atom is 0.322 e. The molecule has 1 heterocycles. The van der Waals surface area contributed by atoms with Crippen LogP contribution < -0.4 is 21.1 Å². The van der Waals surface area contributed by atoms with Gasteiger partial charge in [0, 0.05) is 19.6 Å². The normalized spacial score (nSPS) is 10.8. The van der Waals surface area contributed by atoms with E-state index in [2.05, 4.69) is 68.1 Å². The van der Waals surface area contributed by atoms with Crippen molar-refractivity contribution in [1.82, 2.24) is 15.0 Å². The first-order valence-electron chi connectivity index (χ1n) is 11.5. The van der Waals surface area contributed by atoms with Crippen LogP contribution in [0.25, 0.3) is 0 Å². The number of aromatic nitrogens is 3. The van der Waals surface area contributed by atoms with Crippen molar-refractivity contribution >= 4 is 11.9 Å². The molecule has 0 unspecified atom stereocenters. The molecule has 9 heteroatoms. The van der Waals surface area contributed by atoms with Crippen molar-refractivity contribution in [3.8, 4) is 6.01 Å². The SMILES string of the molecule is COc1nc(NCCOCCOCCN)nc(NCc2ccccc2CCc2ccccc2)n1. The Hall–Kier alpha value is -3.27. The van der Waals surface area contributed by atoms with Crippen molar-refractivity contribution in [2.45, 2.75) is 19.4 Å². The van der Waals surface area contributed by atoms with Gasteiger partial charge in [0.15, 0.2) is 0 Å². The fraction of sp³-hybridized carbons (Fsp3) is 0.400. The smallest absolute Gasteiger partial charge is 0.322 e. The molecule has 0 radical (unpaired) electrons. The zero-order valence-corrected chi connectivity index (χ0v) is 19.7. The molecule has 0 amide bonds. The molecule has 3 rings (SSSR count). The number of benzene rings is 2. The number of hydrogen-bond donors (Lipinski definition) is 3. The van der Waals surface area contributed by atoms with Gasteiger partial charge in [-0.3, -0.25) is 0 Å². The molecule has 0 saturated carbocycles. The minimum absolute atomic E-state index is 0.244. The Morgan fingerprint density at radius 3 is 2.15 bits per heavy atom. The van der Waals surface area contributed by atoms with Gasteiger partial charge in [-0.15, -0.1) is 0 Å². The average molecular weight is 467 g/mol. The summed E-state index contributed by atoms with van der Waals surface area (Å²) in [5.41, 5.74) is 9.21. The number of nitrogens with two attached hydrogens (primary N) is 1. The van der Waals surface area contributed by atoms with Crippen LogP contribution in [0.5, 0.6) is 6.01 Å². The number of aryl methyl sites for hydroxylation is 2. The summed E-state index contributed by atoms with van der Waals surface area (Å²) in [6.07, 6.45) is 1.96. The molecule has 3 aromatic rings. The highest BCUT2D eigenvalue weighted by Gasteiger charge is 2.08. The minimum atomic E-state index is 0.244. The lowest BCUT2D eigenvalue weighted by Gasteiger charge is -2.12. The standard InChI is InChI=1S/C25H34N6O3/c1-32-25-30-23(27-14-16-34-18-17-33-15-13-26)29-24(31-25)28-19-22-10-6-5-9-21(22)12-11-20-7-3-2-4-8-20/h2-10H,11-19,26H2,1H3,(H2,27,28,29,30,31). The summed E-state index contributed by atoms with van der Waals surface area (Å²) in [7, 11) is 1.53. The maximum absolute atomic E-state index is 5.52. The van der Waals surface area contributed by atoms with Gasteiger partial charge in [0.05, 0.1) is 33.5 Å². The third-order valence-electron chi connectivity index (χ3n) is 5.04. The van der Waals surface area contributed by atoms with Crippen LogP contribution in [0.15, 0.2) is 54.6 Å². The van der Waals surface area contributed by atoms with E-state index in [1.54, 1.807) is 0 Å². The predicted octanol–water partition coefficient (Wildman–Crippen LogP) is 2.68. The van der Waals surface area contributed by atoms with Crippen LogP contribution >= 0.6 is 0 Å². The van der Waals surface area contributed by atoms with Crippen LogP contribution in [0.4, 0.5) is 11.9 Å². The van der Waals surface area contributed by atoms with E-state index >= 15 is 0 Å². The van der Waals surface area contributed by atoms with Crippen molar-refractivity contribution < 1.29 is 14.2 Å². The fourth-order valence-corrected chi connectivity index (χ4v) is 3.32. The van der Waals surface area contributed by atoms with Gasteiger partial charge in [-0.1, -0.05) is 54.6 Å². The largest absolute Gasteiger partial charge is 0.467 e. The molecule has 9 nitrogen and oxygen atoms in total.